The Morgan fingerprint density at radius 2 is 1.81 bits per heavy atom. The van der Waals surface area contributed by atoms with Crippen molar-refractivity contribution >= 4 is 22.8 Å². The third kappa shape index (κ3) is 4.22. The molecular formula is C24H25N7O. The van der Waals surface area contributed by atoms with Crippen molar-refractivity contribution in [3.63, 3.8) is 0 Å². The summed E-state index contributed by atoms with van der Waals surface area (Å²) >= 11 is 0. The number of para-hydroxylation sites is 2. The van der Waals surface area contributed by atoms with Crippen LogP contribution in [0.1, 0.15) is 40.6 Å². The number of pyridine rings is 1. The Labute approximate surface area is 186 Å². The van der Waals surface area contributed by atoms with Gasteiger partial charge in [0.25, 0.3) is 5.91 Å². The molecule has 0 atom stereocenters. The van der Waals surface area contributed by atoms with Gasteiger partial charge in [-0.25, -0.2) is 14.6 Å². The van der Waals surface area contributed by atoms with Crippen molar-refractivity contribution in [2.45, 2.75) is 32.4 Å². The summed E-state index contributed by atoms with van der Waals surface area (Å²) in [6, 6.07) is 13.6. The molecule has 1 aliphatic heterocycles. The van der Waals surface area contributed by atoms with Gasteiger partial charge in [0.1, 0.15) is 5.82 Å². The van der Waals surface area contributed by atoms with Crippen LogP contribution in [-0.2, 0) is 6.54 Å². The maximum atomic E-state index is 12.5. The second-order valence-corrected chi connectivity index (χ2v) is 8.11. The smallest absolute Gasteiger partial charge is 0.258 e. The van der Waals surface area contributed by atoms with Crippen LogP contribution in [0.2, 0.25) is 0 Å². The molecule has 0 aliphatic carbocycles. The third-order valence-electron chi connectivity index (χ3n) is 5.95. The van der Waals surface area contributed by atoms with Crippen LogP contribution < -0.4 is 5.32 Å². The van der Waals surface area contributed by atoms with Crippen molar-refractivity contribution in [2.24, 2.45) is 0 Å². The standard InChI is InChI=1S/C24H25N7O/c1-17-22(28-21-7-3-2-6-20(21)27-17)16-30-13-9-19(10-14-30)31-23(8-12-26-31)29-24(32)18-5-4-11-25-15-18/h2-8,11-12,15,19H,9-10,13-14,16H2,1H3,(H,29,32). The van der Waals surface area contributed by atoms with Gasteiger partial charge in [0.05, 0.1) is 40.2 Å². The molecule has 0 spiro atoms. The van der Waals surface area contributed by atoms with Gasteiger partial charge in [0, 0.05) is 38.1 Å². The Bertz CT molecular complexity index is 1230. The molecule has 3 aromatic heterocycles. The lowest BCUT2D eigenvalue weighted by Gasteiger charge is -2.32. The number of nitrogens with one attached hydrogen (secondary N) is 1. The first-order chi connectivity index (χ1) is 15.7. The van der Waals surface area contributed by atoms with Crippen LogP contribution in [-0.4, -0.2) is 48.6 Å². The van der Waals surface area contributed by atoms with Crippen LogP contribution in [0.3, 0.4) is 0 Å². The summed E-state index contributed by atoms with van der Waals surface area (Å²) in [6.45, 7) is 4.70. The van der Waals surface area contributed by atoms with Gasteiger partial charge >= 0.3 is 0 Å². The molecule has 1 saturated heterocycles. The zero-order valence-electron chi connectivity index (χ0n) is 18.0. The first-order valence-electron chi connectivity index (χ1n) is 10.9. The van der Waals surface area contributed by atoms with Gasteiger partial charge in [-0.2, -0.15) is 5.10 Å². The van der Waals surface area contributed by atoms with Gasteiger partial charge < -0.3 is 5.32 Å². The molecule has 1 amide bonds. The Kier molecular flexibility index (Phi) is 5.60. The molecule has 1 N–H and O–H groups in total. The van der Waals surface area contributed by atoms with E-state index in [2.05, 4.69) is 20.3 Å². The number of carbonyl (C=O) groups excluding carboxylic acids is 1. The van der Waals surface area contributed by atoms with Crippen LogP contribution in [0, 0.1) is 6.92 Å². The van der Waals surface area contributed by atoms with E-state index in [1.54, 1.807) is 30.7 Å². The van der Waals surface area contributed by atoms with E-state index in [-0.39, 0.29) is 11.9 Å². The molecule has 0 saturated carbocycles. The van der Waals surface area contributed by atoms with Crippen molar-refractivity contribution in [1.29, 1.82) is 0 Å². The van der Waals surface area contributed by atoms with E-state index in [0.717, 1.165) is 54.9 Å². The fraction of sp³-hybridized carbons (Fsp3) is 0.292. The highest BCUT2D eigenvalue weighted by atomic mass is 16.1. The Morgan fingerprint density at radius 1 is 1.03 bits per heavy atom. The number of rotatable bonds is 5. The zero-order chi connectivity index (χ0) is 21.9. The molecule has 1 aromatic carbocycles. The van der Waals surface area contributed by atoms with Crippen molar-refractivity contribution in [2.75, 3.05) is 18.4 Å². The number of likely N-dealkylation sites (tertiary alicyclic amines) is 1. The predicted molar refractivity (Wildman–Crippen MR) is 122 cm³/mol. The maximum absolute atomic E-state index is 12.5. The number of piperidine rings is 1. The number of carbonyl (C=O) groups is 1. The van der Waals surface area contributed by atoms with Crippen LogP contribution in [0.15, 0.2) is 61.1 Å². The van der Waals surface area contributed by atoms with E-state index in [1.165, 1.54) is 0 Å². The van der Waals surface area contributed by atoms with Gasteiger partial charge in [-0.1, -0.05) is 12.1 Å². The van der Waals surface area contributed by atoms with E-state index in [0.29, 0.717) is 11.4 Å². The zero-order valence-corrected chi connectivity index (χ0v) is 18.0. The first-order valence-corrected chi connectivity index (χ1v) is 10.9. The van der Waals surface area contributed by atoms with Crippen LogP contribution in [0.25, 0.3) is 11.0 Å². The number of nitrogens with zero attached hydrogens (tertiary/aromatic N) is 6. The van der Waals surface area contributed by atoms with Crippen LogP contribution in [0.5, 0.6) is 0 Å². The molecule has 8 heteroatoms. The normalized spacial score (nSPS) is 15.2. The summed E-state index contributed by atoms with van der Waals surface area (Å²) in [7, 11) is 0. The fourth-order valence-electron chi connectivity index (χ4n) is 4.20. The van der Waals surface area contributed by atoms with E-state index in [4.69, 9.17) is 9.97 Å². The summed E-state index contributed by atoms with van der Waals surface area (Å²) in [5.74, 6) is 0.538. The van der Waals surface area contributed by atoms with Crippen molar-refractivity contribution in [3.05, 3.63) is 78.0 Å². The molecular weight excluding hydrogens is 402 g/mol. The van der Waals surface area contributed by atoms with Crippen molar-refractivity contribution in [1.82, 2.24) is 29.6 Å². The lowest BCUT2D eigenvalue weighted by Crippen LogP contribution is -2.35. The van der Waals surface area contributed by atoms with Gasteiger partial charge in [-0.05, 0) is 44.0 Å². The Hall–Kier alpha value is -3.65. The molecule has 5 rings (SSSR count). The number of aromatic nitrogens is 5. The van der Waals surface area contributed by atoms with Gasteiger partial charge in [0.2, 0.25) is 0 Å². The van der Waals surface area contributed by atoms with Gasteiger partial charge in [-0.15, -0.1) is 0 Å². The average Bonchev–Trinajstić information content (AvgIpc) is 3.28. The Morgan fingerprint density at radius 3 is 2.56 bits per heavy atom. The molecule has 0 bridgehead atoms. The summed E-state index contributed by atoms with van der Waals surface area (Å²) < 4.78 is 1.94. The summed E-state index contributed by atoms with van der Waals surface area (Å²) in [5.41, 5.74) is 4.42. The second-order valence-electron chi connectivity index (χ2n) is 8.11. The lowest BCUT2D eigenvalue weighted by molar-refractivity contribution is 0.102. The first kappa shape index (κ1) is 20.3. The monoisotopic (exact) mass is 427 g/mol. The molecule has 8 nitrogen and oxygen atoms in total. The number of hydrogen-bond acceptors (Lipinski definition) is 6. The van der Waals surface area contributed by atoms with Gasteiger partial charge in [0.15, 0.2) is 0 Å². The number of benzene rings is 1. The highest BCUT2D eigenvalue weighted by Gasteiger charge is 2.24. The minimum absolute atomic E-state index is 0.178. The second kappa shape index (κ2) is 8.84. The number of aryl methyl sites for hydroxylation is 1. The molecule has 0 radical (unpaired) electrons. The van der Waals surface area contributed by atoms with Gasteiger partial charge in [-0.3, -0.25) is 14.7 Å². The maximum Gasteiger partial charge on any atom is 0.258 e. The largest absolute Gasteiger partial charge is 0.307 e. The number of amides is 1. The molecule has 1 fully saturated rings. The van der Waals surface area contributed by atoms with E-state index in [1.807, 2.05) is 41.9 Å². The van der Waals surface area contributed by atoms with E-state index in [9.17, 15) is 4.79 Å². The molecule has 0 unspecified atom stereocenters. The summed E-state index contributed by atoms with van der Waals surface area (Å²) in [6.07, 6.45) is 6.86. The fourth-order valence-corrected chi connectivity index (χ4v) is 4.20. The highest BCUT2D eigenvalue weighted by Crippen LogP contribution is 2.27. The number of anilines is 1. The van der Waals surface area contributed by atoms with E-state index < -0.39 is 0 Å². The van der Waals surface area contributed by atoms with Crippen molar-refractivity contribution in [3.8, 4) is 0 Å². The minimum atomic E-state index is -0.178. The van der Waals surface area contributed by atoms with Crippen molar-refractivity contribution < 1.29 is 4.79 Å². The van der Waals surface area contributed by atoms with Crippen LogP contribution in [0.4, 0.5) is 5.82 Å². The van der Waals surface area contributed by atoms with E-state index >= 15 is 0 Å². The molecule has 32 heavy (non-hydrogen) atoms. The Balaban J connectivity index is 1.23. The van der Waals surface area contributed by atoms with Crippen LogP contribution >= 0.6 is 0 Å². The molecule has 4 heterocycles. The number of fused-ring (bicyclic) bond motifs is 1. The average molecular weight is 428 g/mol. The lowest BCUT2D eigenvalue weighted by atomic mass is 10.0. The number of hydrogen-bond donors (Lipinski definition) is 1. The SMILES string of the molecule is Cc1nc2ccccc2nc1CN1CCC(n2nccc2NC(=O)c2cccnc2)CC1. The quantitative estimate of drug-likeness (QED) is 0.523. The predicted octanol–water partition coefficient (Wildman–Crippen LogP) is 3.62. The molecule has 162 valence electrons. The topological polar surface area (TPSA) is 88.8 Å². The minimum Gasteiger partial charge on any atom is -0.307 e. The summed E-state index contributed by atoms with van der Waals surface area (Å²) in [4.78, 5) is 28.5. The molecule has 1 aliphatic rings. The highest BCUT2D eigenvalue weighted by molar-refractivity contribution is 6.03. The molecule has 4 aromatic rings. The summed E-state index contributed by atoms with van der Waals surface area (Å²) in [5, 5.41) is 7.46. The third-order valence-corrected chi connectivity index (χ3v) is 5.95.